The molecule has 1 aromatic carbocycles. The number of hydrogen-bond acceptors (Lipinski definition) is 12. The zero-order valence-corrected chi connectivity index (χ0v) is 37.6. The van der Waals surface area contributed by atoms with Crippen molar-refractivity contribution < 1.29 is 38.2 Å². The molecule has 3 atom stereocenters. The maximum atomic E-state index is 13.3. The molecule has 0 aliphatic rings. The van der Waals surface area contributed by atoms with Crippen LogP contribution in [0.3, 0.4) is 0 Å². The van der Waals surface area contributed by atoms with Crippen molar-refractivity contribution in [1.29, 1.82) is 0 Å². The fourth-order valence-corrected chi connectivity index (χ4v) is 5.35. The van der Waals surface area contributed by atoms with Gasteiger partial charge in [-0.15, -0.1) is 0 Å². The predicted octanol–water partition coefficient (Wildman–Crippen LogP) is 3.48. The summed E-state index contributed by atoms with van der Waals surface area (Å²) in [5.41, 5.74) is 3.26. The number of ether oxygens (including phenoxy) is 3. The number of nitrogens with zero attached hydrogens (tertiary/aromatic N) is 4. The van der Waals surface area contributed by atoms with Crippen LogP contribution >= 0.6 is 0 Å². The van der Waals surface area contributed by atoms with Gasteiger partial charge >= 0.3 is 0 Å². The fraction of sp³-hybridized carbons (Fsp3) is 0.568. The molecule has 0 radical (unpaired) electrons. The molecule has 0 aliphatic heterocycles. The Bertz CT molecular complexity index is 1910. The lowest BCUT2D eigenvalue weighted by molar-refractivity contribution is -0.134. The van der Waals surface area contributed by atoms with Gasteiger partial charge in [0, 0.05) is 65.9 Å². The van der Waals surface area contributed by atoms with Gasteiger partial charge in [-0.1, -0.05) is 55.4 Å². The normalized spacial score (nSPS) is 13.2. The summed E-state index contributed by atoms with van der Waals surface area (Å²) in [6, 6.07) is 2.92. The second-order valence-electron chi connectivity index (χ2n) is 17.4. The molecule has 3 rings (SSSR count). The molecule has 0 spiro atoms. The van der Waals surface area contributed by atoms with Crippen molar-refractivity contribution in [3.8, 4) is 22.3 Å². The minimum Gasteiger partial charge on any atom is -0.377 e. The van der Waals surface area contributed by atoms with Gasteiger partial charge in [-0.05, 0) is 55.5 Å². The van der Waals surface area contributed by atoms with Gasteiger partial charge in [-0.2, -0.15) is 0 Å². The molecule has 17 nitrogen and oxygen atoms in total. The van der Waals surface area contributed by atoms with Gasteiger partial charge in [0.05, 0.1) is 33.0 Å². The van der Waals surface area contributed by atoms with E-state index >= 15 is 0 Å². The monoisotopic (exact) mass is 847 g/mol. The molecule has 0 saturated carbocycles. The van der Waals surface area contributed by atoms with E-state index in [0.717, 1.165) is 33.9 Å². The number of carbonyl (C=O) groups excluding carboxylic acids is 5. The summed E-state index contributed by atoms with van der Waals surface area (Å²) in [6.45, 7) is 22.2. The third-order valence-electron chi connectivity index (χ3n) is 8.95. The molecule has 0 aliphatic carbocycles. The van der Waals surface area contributed by atoms with Gasteiger partial charge in [0.15, 0.2) is 0 Å². The summed E-state index contributed by atoms with van der Waals surface area (Å²) < 4.78 is 16.5. The summed E-state index contributed by atoms with van der Waals surface area (Å²) >= 11 is 0. The van der Waals surface area contributed by atoms with Crippen molar-refractivity contribution in [2.75, 3.05) is 52.7 Å². The van der Waals surface area contributed by atoms with Gasteiger partial charge < -0.3 is 40.8 Å². The molecule has 3 aromatic rings. The highest BCUT2D eigenvalue weighted by Crippen LogP contribution is 2.29. The molecule has 61 heavy (non-hydrogen) atoms. The van der Waals surface area contributed by atoms with E-state index in [0.29, 0.717) is 12.1 Å². The first kappa shape index (κ1) is 50.0. The molecule has 0 saturated heterocycles. The van der Waals surface area contributed by atoms with Crippen LogP contribution in [-0.4, -0.2) is 120 Å². The standard InChI is InChI=1S/C44H65N9O8/c1-27(2)37-46-21-34(22-47-37)31-18-32(35-23-48-42(49-24-35)44(9,10)11)20-33(19-31)41(58)45-12-13-59-14-15-60-16-17-61-25-36(54)51-29(4)39(56)53-30(5)40(57)52-28(3)38(55)50-26-43(6,7)8/h18-24,27-30H,12-17,25-26H2,1-11H3,(H,45,58)(H,50,55)(H,51,54)(H,52,57)(H,53,56)/t28-,29-,30-/m0/s1. The van der Waals surface area contributed by atoms with E-state index in [2.05, 4.69) is 67.3 Å². The highest BCUT2D eigenvalue weighted by atomic mass is 16.5. The molecule has 0 unspecified atom stereocenters. The highest BCUT2D eigenvalue weighted by Gasteiger charge is 2.25. The van der Waals surface area contributed by atoms with Gasteiger partial charge in [-0.3, -0.25) is 24.0 Å². The van der Waals surface area contributed by atoms with Crippen molar-refractivity contribution in [3.05, 3.63) is 60.2 Å². The average molecular weight is 848 g/mol. The first-order valence-electron chi connectivity index (χ1n) is 20.6. The number of benzene rings is 1. The average Bonchev–Trinajstić information content (AvgIpc) is 3.20. The maximum absolute atomic E-state index is 13.3. The van der Waals surface area contributed by atoms with Crippen LogP contribution in [0.5, 0.6) is 0 Å². The van der Waals surface area contributed by atoms with E-state index in [-0.39, 0.29) is 74.7 Å². The van der Waals surface area contributed by atoms with E-state index in [1.807, 2.05) is 40.7 Å². The quantitative estimate of drug-likeness (QED) is 0.0918. The Morgan fingerprint density at radius 1 is 0.574 bits per heavy atom. The highest BCUT2D eigenvalue weighted by molar-refractivity contribution is 5.97. The Balaban J connectivity index is 1.34. The molecular formula is C44H65N9O8. The van der Waals surface area contributed by atoms with Crippen LogP contribution in [0, 0.1) is 5.41 Å². The van der Waals surface area contributed by atoms with Crippen molar-refractivity contribution in [2.45, 2.75) is 106 Å². The van der Waals surface area contributed by atoms with Crippen LogP contribution in [0.4, 0.5) is 0 Å². The van der Waals surface area contributed by atoms with Crippen LogP contribution in [0.15, 0.2) is 43.0 Å². The number of nitrogens with one attached hydrogen (secondary N) is 5. The summed E-state index contributed by atoms with van der Waals surface area (Å²) in [4.78, 5) is 81.1. The smallest absolute Gasteiger partial charge is 0.251 e. The number of rotatable bonds is 22. The summed E-state index contributed by atoms with van der Waals surface area (Å²) in [6.07, 6.45) is 7.06. The third kappa shape index (κ3) is 17.6. The fourth-order valence-electron chi connectivity index (χ4n) is 5.35. The van der Waals surface area contributed by atoms with E-state index in [1.165, 1.54) is 13.8 Å². The van der Waals surface area contributed by atoms with Crippen LogP contribution in [0.2, 0.25) is 0 Å². The molecule has 0 bridgehead atoms. The Morgan fingerprint density at radius 3 is 1.56 bits per heavy atom. The Morgan fingerprint density at radius 2 is 1.05 bits per heavy atom. The molecule has 2 heterocycles. The van der Waals surface area contributed by atoms with Crippen LogP contribution in [0.1, 0.15) is 104 Å². The van der Waals surface area contributed by atoms with E-state index in [9.17, 15) is 24.0 Å². The zero-order chi connectivity index (χ0) is 45.3. The lowest BCUT2D eigenvalue weighted by Gasteiger charge is -2.22. The van der Waals surface area contributed by atoms with Crippen molar-refractivity contribution in [2.24, 2.45) is 5.41 Å². The molecule has 0 fully saturated rings. The van der Waals surface area contributed by atoms with Gasteiger partial charge in [0.2, 0.25) is 23.6 Å². The van der Waals surface area contributed by atoms with Crippen LogP contribution < -0.4 is 26.6 Å². The largest absolute Gasteiger partial charge is 0.377 e. The molecule has 2 aromatic heterocycles. The second kappa shape index (κ2) is 23.6. The minimum absolute atomic E-state index is 0.110. The molecule has 5 N–H and O–H groups in total. The first-order chi connectivity index (χ1) is 28.6. The van der Waals surface area contributed by atoms with E-state index in [1.54, 1.807) is 43.8 Å². The summed E-state index contributed by atoms with van der Waals surface area (Å²) in [7, 11) is 0. The molecule has 17 heteroatoms. The van der Waals surface area contributed by atoms with Crippen molar-refractivity contribution in [1.82, 2.24) is 46.5 Å². The van der Waals surface area contributed by atoms with Crippen LogP contribution in [0.25, 0.3) is 22.3 Å². The van der Waals surface area contributed by atoms with Crippen molar-refractivity contribution >= 4 is 29.5 Å². The Labute approximate surface area is 359 Å². The van der Waals surface area contributed by atoms with Gasteiger partial charge in [0.25, 0.3) is 5.91 Å². The number of hydrogen-bond donors (Lipinski definition) is 5. The van der Waals surface area contributed by atoms with Crippen LogP contribution in [-0.2, 0) is 38.8 Å². The van der Waals surface area contributed by atoms with E-state index in [4.69, 9.17) is 14.2 Å². The zero-order valence-electron chi connectivity index (χ0n) is 37.6. The minimum atomic E-state index is -0.939. The van der Waals surface area contributed by atoms with Crippen molar-refractivity contribution in [3.63, 3.8) is 0 Å². The number of carbonyl (C=O) groups is 5. The predicted molar refractivity (Wildman–Crippen MR) is 231 cm³/mol. The third-order valence-corrected chi connectivity index (χ3v) is 8.95. The SMILES string of the molecule is CC(C)c1ncc(-c2cc(C(=O)NCCOCCOCCOCC(=O)N[C@@H](C)C(=O)N[C@@H](C)C(=O)N[C@@H](C)C(=O)NCC(C)(C)C)cc(-c3cnc(C(C)(C)C)nc3)c2)cn1. The molecule has 334 valence electrons. The molecular weight excluding hydrogens is 783 g/mol. The Hall–Kier alpha value is -5.39. The maximum Gasteiger partial charge on any atom is 0.251 e. The lowest BCUT2D eigenvalue weighted by Crippen LogP contribution is -2.55. The summed E-state index contributed by atoms with van der Waals surface area (Å²) in [5.74, 6) is -0.580. The Kier molecular flexibility index (Phi) is 19.3. The first-order valence-corrected chi connectivity index (χ1v) is 20.6. The molecule has 5 amide bonds. The second-order valence-corrected chi connectivity index (χ2v) is 17.4. The summed E-state index contributed by atoms with van der Waals surface area (Å²) in [5, 5.41) is 13.3. The lowest BCUT2D eigenvalue weighted by atomic mass is 9.95. The van der Waals surface area contributed by atoms with Gasteiger partial charge in [-0.25, -0.2) is 19.9 Å². The number of amides is 5. The van der Waals surface area contributed by atoms with E-state index < -0.39 is 35.8 Å². The number of aromatic nitrogens is 4. The topological polar surface area (TPSA) is 225 Å². The van der Waals surface area contributed by atoms with Gasteiger partial charge in [0.1, 0.15) is 36.4 Å².